The van der Waals surface area contributed by atoms with Crippen molar-refractivity contribution in [3.8, 4) is 0 Å². The van der Waals surface area contributed by atoms with Gasteiger partial charge < -0.3 is 5.32 Å². The Morgan fingerprint density at radius 1 is 1.07 bits per heavy atom. The first-order chi connectivity index (χ1) is 14.5. The molecule has 6 atom stereocenters. The maximum Gasteiger partial charge on any atom is 0.233 e. The molecule has 1 saturated heterocycles. The minimum atomic E-state index is -0.108. The van der Waals surface area contributed by atoms with Crippen molar-refractivity contribution in [3.05, 3.63) is 40.9 Å². The van der Waals surface area contributed by atoms with Crippen LogP contribution in [0.25, 0.3) is 0 Å². The summed E-state index contributed by atoms with van der Waals surface area (Å²) in [6.45, 7) is 2.40. The number of halogens is 1. The highest BCUT2D eigenvalue weighted by Crippen LogP contribution is 2.65. The van der Waals surface area contributed by atoms with Gasteiger partial charge in [0.1, 0.15) is 0 Å². The molecular weight excluding hydrogens is 400 g/mol. The first-order valence-corrected chi connectivity index (χ1v) is 11.4. The summed E-state index contributed by atoms with van der Waals surface area (Å²) in [4.78, 5) is 39.5. The number of anilines is 1. The van der Waals surface area contributed by atoms with E-state index >= 15 is 0 Å². The van der Waals surface area contributed by atoms with E-state index < -0.39 is 0 Å². The van der Waals surface area contributed by atoms with Crippen molar-refractivity contribution >= 4 is 35.0 Å². The molecule has 5 nitrogen and oxygen atoms in total. The number of likely N-dealkylation sites (tertiary alicyclic amines) is 1. The monoisotopic (exact) mass is 426 g/mol. The summed E-state index contributed by atoms with van der Waals surface area (Å²) in [5.41, 5.74) is 1.68. The summed E-state index contributed by atoms with van der Waals surface area (Å²) < 4.78 is 0. The number of benzene rings is 1. The van der Waals surface area contributed by atoms with Crippen LogP contribution in [0.1, 0.15) is 37.7 Å². The summed E-state index contributed by atoms with van der Waals surface area (Å²) in [6, 6.07) is 5.48. The van der Waals surface area contributed by atoms with E-state index in [0.29, 0.717) is 35.5 Å². The Bertz CT molecular complexity index is 906. The van der Waals surface area contributed by atoms with Gasteiger partial charge >= 0.3 is 0 Å². The van der Waals surface area contributed by atoms with Crippen molar-refractivity contribution in [1.29, 1.82) is 0 Å². The largest absolute Gasteiger partial charge is 0.326 e. The van der Waals surface area contributed by atoms with Gasteiger partial charge in [0.15, 0.2) is 0 Å². The third-order valence-corrected chi connectivity index (χ3v) is 7.90. The molecule has 3 fully saturated rings. The van der Waals surface area contributed by atoms with Gasteiger partial charge in [0.2, 0.25) is 17.7 Å². The number of allylic oxidation sites excluding steroid dienone is 2. The molecule has 2 saturated carbocycles. The van der Waals surface area contributed by atoms with Gasteiger partial charge in [0.05, 0.1) is 11.8 Å². The molecule has 6 unspecified atom stereocenters. The van der Waals surface area contributed by atoms with Crippen LogP contribution in [0.3, 0.4) is 0 Å². The van der Waals surface area contributed by atoms with Gasteiger partial charge in [-0.05, 0) is 67.6 Å². The minimum absolute atomic E-state index is 0.0451. The predicted octanol–water partition coefficient (Wildman–Crippen LogP) is 4.20. The van der Waals surface area contributed by atoms with Crippen molar-refractivity contribution in [3.63, 3.8) is 0 Å². The number of unbranched alkanes of at least 4 members (excludes halogenated alkanes) is 2. The topological polar surface area (TPSA) is 66.5 Å². The molecule has 158 valence electrons. The molecule has 1 aromatic rings. The molecule has 0 aromatic heterocycles. The molecule has 1 heterocycles. The van der Waals surface area contributed by atoms with E-state index in [-0.39, 0.29) is 41.4 Å². The molecule has 6 rings (SSSR count). The molecule has 0 spiro atoms. The normalized spacial score (nSPS) is 32.9. The zero-order chi connectivity index (χ0) is 21.0. The van der Waals surface area contributed by atoms with Crippen LogP contribution >= 0.6 is 11.6 Å². The molecular formula is C24H27ClN2O3. The number of hydrogen-bond donors (Lipinski definition) is 1. The maximum atomic E-state index is 12.9. The number of carbonyl (C=O) groups excluding carboxylic acids is 3. The number of imide groups is 1. The van der Waals surface area contributed by atoms with Gasteiger partial charge in [-0.2, -0.15) is 0 Å². The van der Waals surface area contributed by atoms with Crippen LogP contribution in [0, 0.1) is 42.4 Å². The van der Waals surface area contributed by atoms with Gasteiger partial charge in [-0.3, -0.25) is 19.3 Å². The first-order valence-electron chi connectivity index (χ1n) is 11.1. The van der Waals surface area contributed by atoms with Crippen LogP contribution < -0.4 is 5.32 Å². The molecule has 1 aromatic carbocycles. The van der Waals surface area contributed by atoms with Crippen LogP contribution in [-0.4, -0.2) is 29.2 Å². The SMILES string of the molecule is Cc1ccc(NC(=O)CCCCCN2C(=O)C3C4C=CC(C5CC45)C3C2=O)cc1Cl. The molecule has 3 amide bonds. The fourth-order valence-corrected chi connectivity index (χ4v) is 6.05. The lowest BCUT2D eigenvalue weighted by Gasteiger charge is -2.37. The average Bonchev–Trinajstić information content (AvgIpc) is 3.50. The highest BCUT2D eigenvalue weighted by atomic mass is 35.5. The van der Waals surface area contributed by atoms with Crippen LogP contribution in [0.2, 0.25) is 5.02 Å². The Hall–Kier alpha value is -2.14. The van der Waals surface area contributed by atoms with Crippen LogP contribution in [-0.2, 0) is 14.4 Å². The third-order valence-electron chi connectivity index (χ3n) is 7.50. The lowest BCUT2D eigenvalue weighted by Crippen LogP contribution is -2.40. The smallest absolute Gasteiger partial charge is 0.233 e. The number of amides is 3. The van der Waals surface area contributed by atoms with Gasteiger partial charge in [0.25, 0.3) is 0 Å². The van der Waals surface area contributed by atoms with Crippen molar-refractivity contribution in [2.24, 2.45) is 35.5 Å². The number of rotatable bonds is 7. The Morgan fingerprint density at radius 3 is 2.37 bits per heavy atom. The molecule has 5 aliphatic rings. The van der Waals surface area contributed by atoms with Crippen molar-refractivity contribution in [2.45, 2.75) is 39.0 Å². The Labute approximate surface area is 181 Å². The van der Waals surface area contributed by atoms with E-state index in [0.717, 1.165) is 24.8 Å². The highest BCUT2D eigenvalue weighted by Gasteiger charge is 2.66. The molecule has 4 aliphatic carbocycles. The summed E-state index contributed by atoms with van der Waals surface area (Å²) in [5.74, 6) is 1.67. The fourth-order valence-electron chi connectivity index (χ4n) is 5.87. The van der Waals surface area contributed by atoms with E-state index in [4.69, 9.17) is 11.6 Å². The zero-order valence-corrected chi connectivity index (χ0v) is 17.9. The number of aryl methyl sites for hydroxylation is 1. The van der Waals surface area contributed by atoms with Gasteiger partial charge in [-0.15, -0.1) is 0 Å². The predicted molar refractivity (Wildman–Crippen MR) is 115 cm³/mol. The number of nitrogens with one attached hydrogen (secondary N) is 1. The zero-order valence-electron chi connectivity index (χ0n) is 17.1. The van der Waals surface area contributed by atoms with Gasteiger partial charge in [-0.1, -0.05) is 36.2 Å². The van der Waals surface area contributed by atoms with Crippen molar-refractivity contribution in [1.82, 2.24) is 4.90 Å². The number of hydrogen-bond acceptors (Lipinski definition) is 3. The summed E-state index contributed by atoms with van der Waals surface area (Å²) >= 11 is 6.09. The molecule has 6 heteroatoms. The Kier molecular flexibility index (Phi) is 4.97. The van der Waals surface area contributed by atoms with E-state index in [1.54, 1.807) is 6.07 Å². The highest BCUT2D eigenvalue weighted by molar-refractivity contribution is 6.31. The lowest BCUT2D eigenvalue weighted by atomic mass is 9.63. The Morgan fingerprint density at radius 2 is 1.73 bits per heavy atom. The number of nitrogens with zero attached hydrogens (tertiary/aromatic N) is 1. The van der Waals surface area contributed by atoms with E-state index in [1.165, 1.54) is 11.3 Å². The second kappa shape index (κ2) is 7.52. The van der Waals surface area contributed by atoms with Crippen LogP contribution in [0.5, 0.6) is 0 Å². The third kappa shape index (κ3) is 3.27. The van der Waals surface area contributed by atoms with E-state index in [2.05, 4.69) is 17.5 Å². The van der Waals surface area contributed by atoms with Crippen LogP contribution in [0.4, 0.5) is 5.69 Å². The summed E-state index contributed by atoms with van der Waals surface area (Å²) in [7, 11) is 0. The van der Waals surface area contributed by atoms with Crippen LogP contribution in [0.15, 0.2) is 30.4 Å². The number of carbonyl (C=O) groups is 3. The summed E-state index contributed by atoms with van der Waals surface area (Å²) in [5, 5.41) is 3.50. The first kappa shape index (κ1) is 19.8. The van der Waals surface area contributed by atoms with Gasteiger partial charge in [0, 0.05) is 23.7 Å². The quantitative estimate of drug-likeness (QED) is 0.403. The molecule has 0 radical (unpaired) electrons. The van der Waals surface area contributed by atoms with Crippen molar-refractivity contribution in [2.75, 3.05) is 11.9 Å². The maximum absolute atomic E-state index is 12.9. The minimum Gasteiger partial charge on any atom is -0.326 e. The standard InChI is InChI=1S/C24H27ClN2O3/c1-13-6-7-14(11-19(13)25)26-20(28)5-3-2-4-10-27-23(29)21-15-8-9-16(18-12-17(15)18)22(21)24(27)30/h6-9,11,15-18,21-22H,2-5,10,12H2,1H3,(H,26,28). The van der Waals surface area contributed by atoms with Crippen molar-refractivity contribution < 1.29 is 14.4 Å². The average molecular weight is 427 g/mol. The second-order valence-corrected chi connectivity index (χ2v) is 9.71. The van der Waals surface area contributed by atoms with Gasteiger partial charge in [-0.25, -0.2) is 0 Å². The molecule has 1 aliphatic heterocycles. The Balaban J connectivity index is 1.07. The summed E-state index contributed by atoms with van der Waals surface area (Å²) in [6.07, 6.45) is 8.29. The molecule has 2 bridgehead atoms. The second-order valence-electron chi connectivity index (χ2n) is 9.31. The molecule has 1 N–H and O–H groups in total. The lowest BCUT2D eigenvalue weighted by molar-refractivity contribution is -0.140. The fraction of sp³-hybridized carbons (Fsp3) is 0.542. The molecule has 30 heavy (non-hydrogen) atoms. The van der Waals surface area contributed by atoms with E-state index in [1.807, 2.05) is 19.1 Å². The van der Waals surface area contributed by atoms with E-state index in [9.17, 15) is 14.4 Å².